The van der Waals surface area contributed by atoms with Gasteiger partial charge in [0.25, 0.3) is 11.5 Å². The van der Waals surface area contributed by atoms with E-state index in [0.29, 0.717) is 25.3 Å². The fourth-order valence-electron chi connectivity index (χ4n) is 4.38. The fraction of sp³-hybridized carbons (Fsp3) is 0.630. The van der Waals surface area contributed by atoms with Gasteiger partial charge in [-0.1, -0.05) is 26.7 Å². The molecule has 12 heteroatoms. The summed E-state index contributed by atoms with van der Waals surface area (Å²) in [5.41, 5.74) is -0.642. The summed E-state index contributed by atoms with van der Waals surface area (Å²) in [6, 6.07) is 1.80. The third kappa shape index (κ3) is 9.93. The predicted octanol–water partition coefficient (Wildman–Crippen LogP) is 0.261. The number of carbonyl (C=O) groups is 5. The number of likely N-dealkylation sites (N-methyl/N-ethyl adjacent to an activating group) is 1. The lowest BCUT2D eigenvalue weighted by Gasteiger charge is -2.29. The molecule has 0 spiro atoms. The van der Waals surface area contributed by atoms with Crippen molar-refractivity contribution in [3.05, 3.63) is 28.7 Å². The van der Waals surface area contributed by atoms with E-state index in [0.717, 1.165) is 25.9 Å². The number of anilines is 1. The molecular weight excluding hydrogens is 504 g/mol. The number of pyridine rings is 1. The van der Waals surface area contributed by atoms with Crippen molar-refractivity contribution in [3.8, 4) is 0 Å². The SMILES string of the molecule is CCC(CC)CNC(=O)Cn1cccc(NC(=O)[C@H](CCC(=O)C(=O)NC)NC(=O)C2CCN(C)CC2)c1=O. The van der Waals surface area contributed by atoms with Crippen LogP contribution in [0.1, 0.15) is 52.4 Å². The molecule has 0 saturated carbocycles. The van der Waals surface area contributed by atoms with Crippen LogP contribution in [0.15, 0.2) is 23.1 Å². The Morgan fingerprint density at radius 1 is 1.08 bits per heavy atom. The van der Waals surface area contributed by atoms with E-state index in [9.17, 15) is 28.8 Å². The summed E-state index contributed by atoms with van der Waals surface area (Å²) >= 11 is 0. The van der Waals surface area contributed by atoms with Gasteiger partial charge in [0.2, 0.25) is 23.5 Å². The van der Waals surface area contributed by atoms with Crippen LogP contribution >= 0.6 is 0 Å². The first-order valence-corrected chi connectivity index (χ1v) is 13.6. The number of nitrogens with zero attached hydrogens (tertiary/aromatic N) is 2. The molecule has 2 heterocycles. The maximum Gasteiger partial charge on any atom is 0.287 e. The summed E-state index contributed by atoms with van der Waals surface area (Å²) in [4.78, 5) is 77.3. The first-order valence-electron chi connectivity index (χ1n) is 13.6. The van der Waals surface area contributed by atoms with Gasteiger partial charge in [-0.2, -0.15) is 0 Å². The van der Waals surface area contributed by atoms with E-state index in [-0.39, 0.29) is 42.8 Å². The minimum atomic E-state index is -1.14. The lowest BCUT2D eigenvalue weighted by molar-refractivity contribution is -0.138. The molecule has 0 aliphatic carbocycles. The number of aromatic nitrogens is 1. The van der Waals surface area contributed by atoms with Crippen LogP contribution in [-0.2, 0) is 30.5 Å². The number of hydrogen-bond acceptors (Lipinski definition) is 7. The summed E-state index contributed by atoms with van der Waals surface area (Å²) in [7, 11) is 3.30. The van der Waals surface area contributed by atoms with Gasteiger partial charge in [-0.15, -0.1) is 0 Å². The minimum Gasteiger partial charge on any atom is -0.354 e. The normalized spacial score (nSPS) is 14.9. The summed E-state index contributed by atoms with van der Waals surface area (Å²) in [6.45, 7) is 5.91. The quantitative estimate of drug-likeness (QED) is 0.244. The number of carbonyl (C=O) groups excluding carboxylic acids is 5. The van der Waals surface area contributed by atoms with Crippen molar-refractivity contribution in [2.45, 2.75) is 65.0 Å². The van der Waals surface area contributed by atoms with Gasteiger partial charge in [0, 0.05) is 32.1 Å². The number of likely N-dealkylation sites (tertiary alicyclic amines) is 1. The molecule has 0 aromatic carbocycles. The number of rotatable bonds is 14. The first kappa shape index (κ1) is 31.7. The number of hydrogen-bond donors (Lipinski definition) is 4. The number of Topliss-reactive ketones (excluding diaryl/α,β-unsaturated/α-hetero) is 1. The van der Waals surface area contributed by atoms with Crippen LogP contribution in [0.25, 0.3) is 0 Å². The number of nitrogens with one attached hydrogen (secondary N) is 4. The van der Waals surface area contributed by atoms with Crippen molar-refractivity contribution in [3.63, 3.8) is 0 Å². The van der Waals surface area contributed by atoms with Crippen molar-refractivity contribution in [2.75, 3.05) is 39.0 Å². The Bertz CT molecular complexity index is 1070. The highest BCUT2D eigenvalue weighted by Gasteiger charge is 2.29. The molecule has 4 amide bonds. The first-order chi connectivity index (χ1) is 18.6. The lowest BCUT2D eigenvalue weighted by atomic mass is 9.95. The highest BCUT2D eigenvalue weighted by molar-refractivity contribution is 6.36. The molecule has 4 N–H and O–H groups in total. The van der Waals surface area contributed by atoms with Gasteiger partial charge < -0.3 is 30.7 Å². The van der Waals surface area contributed by atoms with Gasteiger partial charge >= 0.3 is 0 Å². The molecule has 1 aromatic rings. The molecule has 1 aromatic heterocycles. The topological polar surface area (TPSA) is 159 Å². The van der Waals surface area contributed by atoms with E-state index in [1.165, 1.54) is 29.9 Å². The zero-order valence-corrected chi connectivity index (χ0v) is 23.4. The molecule has 0 radical (unpaired) electrons. The second kappa shape index (κ2) is 15.8. The van der Waals surface area contributed by atoms with E-state index in [1.807, 2.05) is 7.05 Å². The predicted molar refractivity (Wildman–Crippen MR) is 147 cm³/mol. The summed E-state index contributed by atoms with van der Waals surface area (Å²) < 4.78 is 1.19. The summed E-state index contributed by atoms with van der Waals surface area (Å²) in [5.74, 6) is -2.74. The molecule has 39 heavy (non-hydrogen) atoms. The highest BCUT2D eigenvalue weighted by Crippen LogP contribution is 2.17. The van der Waals surface area contributed by atoms with Crippen LogP contribution in [0.5, 0.6) is 0 Å². The molecular formula is C27H42N6O6. The Labute approximate surface area is 229 Å². The van der Waals surface area contributed by atoms with E-state index < -0.39 is 29.2 Å². The average Bonchev–Trinajstić information content (AvgIpc) is 2.93. The molecule has 1 fully saturated rings. The maximum atomic E-state index is 13.2. The number of piperidine rings is 1. The van der Waals surface area contributed by atoms with Gasteiger partial charge in [0.1, 0.15) is 18.3 Å². The Hall–Kier alpha value is -3.54. The second-order valence-corrected chi connectivity index (χ2v) is 10.0. The van der Waals surface area contributed by atoms with Gasteiger partial charge in [-0.05, 0) is 57.5 Å². The smallest absolute Gasteiger partial charge is 0.287 e. The highest BCUT2D eigenvalue weighted by atomic mass is 16.2. The molecule has 12 nitrogen and oxygen atoms in total. The van der Waals surface area contributed by atoms with Crippen LogP contribution in [0.3, 0.4) is 0 Å². The number of ketones is 1. The Morgan fingerprint density at radius 2 is 1.74 bits per heavy atom. The molecule has 1 atom stereocenters. The van der Waals surface area contributed by atoms with Crippen LogP contribution in [0.4, 0.5) is 5.69 Å². The molecule has 0 unspecified atom stereocenters. The Balaban J connectivity index is 2.12. The monoisotopic (exact) mass is 546 g/mol. The fourth-order valence-corrected chi connectivity index (χ4v) is 4.38. The van der Waals surface area contributed by atoms with Crippen molar-refractivity contribution < 1.29 is 24.0 Å². The van der Waals surface area contributed by atoms with Gasteiger partial charge in [0.05, 0.1) is 0 Å². The zero-order valence-electron chi connectivity index (χ0n) is 23.4. The van der Waals surface area contributed by atoms with E-state index in [2.05, 4.69) is 40.0 Å². The van der Waals surface area contributed by atoms with E-state index >= 15 is 0 Å². The third-order valence-electron chi connectivity index (χ3n) is 7.20. The largest absolute Gasteiger partial charge is 0.354 e. The second-order valence-electron chi connectivity index (χ2n) is 10.0. The van der Waals surface area contributed by atoms with Crippen molar-refractivity contribution in [1.82, 2.24) is 25.4 Å². The van der Waals surface area contributed by atoms with Gasteiger partial charge in [-0.3, -0.25) is 28.8 Å². The number of amides is 4. The zero-order chi connectivity index (χ0) is 28.9. The van der Waals surface area contributed by atoms with Crippen LogP contribution in [0, 0.1) is 11.8 Å². The van der Waals surface area contributed by atoms with Crippen molar-refractivity contribution >= 4 is 35.1 Å². The Morgan fingerprint density at radius 3 is 2.36 bits per heavy atom. The van der Waals surface area contributed by atoms with E-state index in [1.54, 1.807) is 0 Å². The summed E-state index contributed by atoms with van der Waals surface area (Å²) in [6.07, 6.45) is 4.21. The average molecular weight is 547 g/mol. The molecule has 0 bridgehead atoms. The summed E-state index contributed by atoms with van der Waals surface area (Å²) in [5, 5.41) is 10.3. The molecule has 216 valence electrons. The van der Waals surface area contributed by atoms with Gasteiger partial charge in [-0.25, -0.2) is 0 Å². The molecule has 1 saturated heterocycles. The van der Waals surface area contributed by atoms with Crippen LogP contribution in [-0.4, -0.2) is 78.7 Å². The molecule has 2 rings (SSSR count). The van der Waals surface area contributed by atoms with Gasteiger partial charge in [0.15, 0.2) is 0 Å². The van der Waals surface area contributed by atoms with E-state index in [4.69, 9.17) is 0 Å². The van der Waals surface area contributed by atoms with Crippen molar-refractivity contribution in [1.29, 1.82) is 0 Å². The van der Waals surface area contributed by atoms with Crippen molar-refractivity contribution in [2.24, 2.45) is 11.8 Å². The van der Waals surface area contributed by atoms with Crippen LogP contribution in [0.2, 0.25) is 0 Å². The maximum absolute atomic E-state index is 13.2. The van der Waals surface area contributed by atoms with Crippen LogP contribution < -0.4 is 26.8 Å². The Kier molecular flexibility index (Phi) is 12.8. The standard InChI is InChI=1S/C27H42N6O6/c1-5-18(6-2)16-29-23(35)17-33-13-7-8-21(27(33)39)31-25(37)20(9-10-22(34)26(38)28-3)30-24(36)19-11-14-32(4)15-12-19/h7-8,13,18-20H,5-6,9-12,14-17H2,1-4H3,(H,28,38)(H,29,35)(H,30,36)(H,31,37)/t20-/m0/s1. The molecule has 1 aliphatic heterocycles. The third-order valence-corrected chi connectivity index (χ3v) is 7.20. The molecule has 1 aliphatic rings. The minimum absolute atomic E-state index is 0.0635. The lowest BCUT2D eigenvalue weighted by Crippen LogP contribution is -2.48.